The lowest BCUT2D eigenvalue weighted by Crippen LogP contribution is -2.44. The summed E-state index contributed by atoms with van der Waals surface area (Å²) in [5.41, 5.74) is 6.56. The highest BCUT2D eigenvalue weighted by Gasteiger charge is 2.28. The number of pyridine rings is 1. The van der Waals surface area contributed by atoms with Crippen molar-refractivity contribution in [3.8, 4) is 11.3 Å². The molecule has 0 bridgehead atoms. The van der Waals surface area contributed by atoms with E-state index in [1.165, 1.54) is 16.5 Å². The van der Waals surface area contributed by atoms with Crippen LogP contribution >= 0.6 is 0 Å². The van der Waals surface area contributed by atoms with Crippen LogP contribution in [0.15, 0.2) is 35.3 Å². The summed E-state index contributed by atoms with van der Waals surface area (Å²) < 4.78 is 1.65. The average molecular weight is 489 g/mol. The zero-order valence-electron chi connectivity index (χ0n) is 21.8. The topological polar surface area (TPSA) is 78.4 Å². The SMILES string of the molecule is Cc1cc(-c2[nH]c3ccc(C4CCN(C(=O)CN5CCCC5=O)CC4)cc3c2C(C)C)cn(C)c1=O. The molecule has 1 N–H and O–H groups in total. The Bertz CT molecular complexity index is 1350. The van der Waals surface area contributed by atoms with E-state index < -0.39 is 0 Å². The molecule has 0 unspecified atom stereocenters. The molecule has 2 aromatic heterocycles. The Morgan fingerprint density at radius 3 is 2.50 bits per heavy atom. The highest BCUT2D eigenvalue weighted by molar-refractivity contribution is 5.92. The van der Waals surface area contributed by atoms with Crippen molar-refractivity contribution in [3.05, 3.63) is 57.5 Å². The summed E-state index contributed by atoms with van der Waals surface area (Å²) in [7, 11) is 1.80. The molecule has 0 radical (unpaired) electrons. The number of benzene rings is 1. The van der Waals surface area contributed by atoms with Crippen molar-refractivity contribution in [1.82, 2.24) is 19.4 Å². The molecule has 7 heteroatoms. The lowest BCUT2D eigenvalue weighted by Gasteiger charge is -2.33. The molecule has 2 amide bonds. The van der Waals surface area contributed by atoms with E-state index in [4.69, 9.17) is 0 Å². The third kappa shape index (κ3) is 4.47. The number of hydrogen-bond acceptors (Lipinski definition) is 3. The summed E-state index contributed by atoms with van der Waals surface area (Å²) in [5.74, 6) is 0.898. The first-order valence-corrected chi connectivity index (χ1v) is 13.1. The van der Waals surface area contributed by atoms with E-state index in [1.807, 2.05) is 24.1 Å². The molecule has 0 saturated carbocycles. The van der Waals surface area contributed by atoms with E-state index in [-0.39, 0.29) is 23.9 Å². The first-order valence-electron chi connectivity index (χ1n) is 13.1. The van der Waals surface area contributed by atoms with Crippen LogP contribution in [0.4, 0.5) is 0 Å². The molecule has 36 heavy (non-hydrogen) atoms. The first-order chi connectivity index (χ1) is 17.2. The van der Waals surface area contributed by atoms with Crippen LogP contribution in [0, 0.1) is 6.92 Å². The van der Waals surface area contributed by atoms with Crippen molar-refractivity contribution in [2.24, 2.45) is 7.05 Å². The number of piperidine rings is 1. The molecule has 190 valence electrons. The fraction of sp³-hybridized carbons (Fsp3) is 0.483. The number of H-pyrrole nitrogens is 1. The molecule has 7 nitrogen and oxygen atoms in total. The van der Waals surface area contributed by atoms with E-state index in [1.54, 1.807) is 16.5 Å². The molecule has 0 aliphatic carbocycles. The Hall–Kier alpha value is -3.35. The standard InChI is InChI=1S/C29H36N4O3/c1-18(2)27-23-15-21(7-8-24(23)30-28(27)22-14-19(3)29(36)31(4)16-22)20-9-12-32(13-10-20)26(35)17-33-11-5-6-25(33)34/h7-8,14-16,18,20,30H,5-6,9-13,17H2,1-4H3. The minimum atomic E-state index is 0.0279. The Labute approximate surface area is 212 Å². The number of rotatable bonds is 5. The molecule has 5 rings (SSSR count). The first kappa shape index (κ1) is 24.3. The molecule has 4 heterocycles. The number of fused-ring (bicyclic) bond motifs is 1. The largest absolute Gasteiger partial charge is 0.354 e. The third-order valence-corrected chi connectivity index (χ3v) is 7.91. The monoisotopic (exact) mass is 488 g/mol. The van der Waals surface area contributed by atoms with E-state index in [9.17, 15) is 14.4 Å². The normalized spacial score (nSPS) is 17.1. The molecule has 1 aromatic carbocycles. The molecule has 2 aliphatic heterocycles. The van der Waals surface area contributed by atoms with E-state index in [0.717, 1.165) is 54.7 Å². The van der Waals surface area contributed by atoms with Crippen LogP contribution in [0.5, 0.6) is 0 Å². The minimum Gasteiger partial charge on any atom is -0.354 e. The predicted molar refractivity (Wildman–Crippen MR) is 142 cm³/mol. The number of aromatic amines is 1. The Morgan fingerprint density at radius 2 is 1.86 bits per heavy atom. The third-order valence-electron chi connectivity index (χ3n) is 7.91. The molecule has 0 atom stereocenters. The summed E-state index contributed by atoms with van der Waals surface area (Å²) in [6.45, 7) is 8.68. The zero-order valence-corrected chi connectivity index (χ0v) is 21.8. The Kier molecular flexibility index (Phi) is 6.49. The maximum atomic E-state index is 12.8. The number of aromatic nitrogens is 2. The van der Waals surface area contributed by atoms with Gasteiger partial charge in [-0.25, -0.2) is 0 Å². The van der Waals surface area contributed by atoms with Gasteiger partial charge in [-0.1, -0.05) is 19.9 Å². The molecule has 2 saturated heterocycles. The van der Waals surface area contributed by atoms with Crippen molar-refractivity contribution in [2.45, 2.75) is 58.3 Å². The summed E-state index contributed by atoms with van der Waals surface area (Å²) in [6, 6.07) is 8.68. The Balaban J connectivity index is 1.37. The van der Waals surface area contributed by atoms with Gasteiger partial charge in [-0.05, 0) is 67.3 Å². The van der Waals surface area contributed by atoms with Gasteiger partial charge in [0.05, 0.1) is 12.2 Å². The molecule has 2 aliphatic rings. The number of amides is 2. The lowest BCUT2D eigenvalue weighted by molar-refractivity contribution is -0.139. The van der Waals surface area contributed by atoms with Gasteiger partial charge in [-0.3, -0.25) is 14.4 Å². The summed E-state index contributed by atoms with van der Waals surface area (Å²) in [4.78, 5) is 44.1. The van der Waals surface area contributed by atoms with Crippen molar-refractivity contribution >= 4 is 22.7 Å². The van der Waals surface area contributed by atoms with Crippen molar-refractivity contribution in [3.63, 3.8) is 0 Å². The van der Waals surface area contributed by atoms with Gasteiger partial charge in [-0.2, -0.15) is 0 Å². The van der Waals surface area contributed by atoms with Crippen molar-refractivity contribution < 1.29 is 9.59 Å². The second-order valence-corrected chi connectivity index (χ2v) is 10.8. The van der Waals surface area contributed by atoms with Gasteiger partial charge in [0.15, 0.2) is 0 Å². The molecule has 0 spiro atoms. The fourth-order valence-corrected chi connectivity index (χ4v) is 5.92. The minimum absolute atomic E-state index is 0.0279. The van der Waals surface area contributed by atoms with Gasteiger partial charge in [-0.15, -0.1) is 0 Å². The number of hydrogen-bond donors (Lipinski definition) is 1. The van der Waals surface area contributed by atoms with Crippen LogP contribution in [0.2, 0.25) is 0 Å². The second kappa shape index (κ2) is 9.60. The summed E-state index contributed by atoms with van der Waals surface area (Å²) in [5, 5.41) is 1.23. The second-order valence-electron chi connectivity index (χ2n) is 10.8. The van der Waals surface area contributed by atoms with E-state index >= 15 is 0 Å². The highest BCUT2D eigenvalue weighted by Crippen LogP contribution is 2.38. The van der Waals surface area contributed by atoms with Gasteiger partial charge in [0, 0.05) is 61.3 Å². The van der Waals surface area contributed by atoms with Crippen LogP contribution in [-0.4, -0.2) is 57.3 Å². The highest BCUT2D eigenvalue weighted by atomic mass is 16.2. The Morgan fingerprint density at radius 1 is 1.11 bits per heavy atom. The van der Waals surface area contributed by atoms with Gasteiger partial charge < -0.3 is 19.4 Å². The molecular formula is C29H36N4O3. The van der Waals surface area contributed by atoms with Crippen LogP contribution < -0.4 is 5.56 Å². The number of likely N-dealkylation sites (tertiary alicyclic amines) is 2. The van der Waals surface area contributed by atoms with Gasteiger partial charge in [0.1, 0.15) is 0 Å². The molecule has 3 aromatic rings. The number of nitrogens with one attached hydrogen (secondary N) is 1. The van der Waals surface area contributed by atoms with E-state index in [2.05, 4.69) is 37.0 Å². The average Bonchev–Trinajstić information content (AvgIpc) is 3.45. The number of aryl methyl sites for hydroxylation is 2. The van der Waals surface area contributed by atoms with Crippen molar-refractivity contribution in [2.75, 3.05) is 26.2 Å². The quantitative estimate of drug-likeness (QED) is 0.582. The van der Waals surface area contributed by atoms with Gasteiger partial charge in [0.2, 0.25) is 11.8 Å². The number of nitrogens with zero attached hydrogens (tertiary/aromatic N) is 3. The van der Waals surface area contributed by atoms with Crippen LogP contribution in [-0.2, 0) is 16.6 Å². The zero-order chi connectivity index (χ0) is 25.6. The van der Waals surface area contributed by atoms with Crippen molar-refractivity contribution in [1.29, 1.82) is 0 Å². The molecular weight excluding hydrogens is 452 g/mol. The fourth-order valence-electron chi connectivity index (χ4n) is 5.92. The summed E-state index contributed by atoms with van der Waals surface area (Å²) in [6.07, 6.45) is 5.20. The van der Waals surface area contributed by atoms with Gasteiger partial charge >= 0.3 is 0 Å². The maximum Gasteiger partial charge on any atom is 0.253 e. The maximum absolute atomic E-state index is 12.8. The number of carbonyl (C=O) groups is 2. The molecule has 2 fully saturated rings. The van der Waals surface area contributed by atoms with E-state index in [0.29, 0.717) is 24.8 Å². The van der Waals surface area contributed by atoms with Crippen LogP contribution in [0.25, 0.3) is 22.2 Å². The predicted octanol–water partition coefficient (Wildman–Crippen LogP) is 4.29. The number of carbonyl (C=O) groups excluding carboxylic acids is 2. The van der Waals surface area contributed by atoms with Gasteiger partial charge in [0.25, 0.3) is 5.56 Å². The summed E-state index contributed by atoms with van der Waals surface area (Å²) >= 11 is 0. The van der Waals surface area contributed by atoms with Crippen LogP contribution in [0.3, 0.4) is 0 Å². The smallest absolute Gasteiger partial charge is 0.253 e. The van der Waals surface area contributed by atoms with Crippen LogP contribution in [0.1, 0.15) is 68.1 Å². The lowest BCUT2D eigenvalue weighted by atomic mass is 9.87.